The molecule has 1 aromatic carbocycles. The predicted octanol–water partition coefficient (Wildman–Crippen LogP) is 2.38. The fourth-order valence-electron chi connectivity index (χ4n) is 1.14. The van der Waals surface area contributed by atoms with Crippen molar-refractivity contribution in [1.29, 1.82) is 0 Å². The van der Waals surface area contributed by atoms with E-state index in [9.17, 15) is 18.4 Å². The summed E-state index contributed by atoms with van der Waals surface area (Å²) in [6, 6.07) is 3.48. The number of benzene rings is 1. The van der Waals surface area contributed by atoms with Crippen LogP contribution in [0, 0.1) is 3.57 Å². The lowest BCUT2D eigenvalue weighted by Crippen LogP contribution is -2.33. The van der Waals surface area contributed by atoms with E-state index in [-0.39, 0.29) is 11.3 Å². The molecule has 0 saturated carbocycles. The molecule has 0 bridgehead atoms. The van der Waals surface area contributed by atoms with Crippen molar-refractivity contribution >= 4 is 40.3 Å². The summed E-state index contributed by atoms with van der Waals surface area (Å²) in [4.78, 5) is 22.2. The third-order valence-corrected chi connectivity index (χ3v) is 2.55. The third-order valence-electron chi connectivity index (χ3n) is 1.88. The van der Waals surface area contributed by atoms with Gasteiger partial charge in [-0.25, -0.2) is 18.4 Å². The Balaban J connectivity index is 2.78. The second-order valence-corrected chi connectivity index (χ2v) is 4.47. The lowest BCUT2D eigenvalue weighted by molar-refractivity contribution is 0.0698. The Morgan fingerprint density at radius 1 is 1.39 bits per heavy atom. The van der Waals surface area contributed by atoms with Crippen LogP contribution in [0.2, 0.25) is 0 Å². The summed E-state index contributed by atoms with van der Waals surface area (Å²) in [7, 11) is 0. The van der Waals surface area contributed by atoms with E-state index in [0.717, 1.165) is 0 Å². The van der Waals surface area contributed by atoms with E-state index in [1.165, 1.54) is 12.1 Å². The van der Waals surface area contributed by atoms with Gasteiger partial charge in [0.1, 0.15) is 0 Å². The Morgan fingerprint density at radius 3 is 2.61 bits per heavy atom. The predicted molar refractivity (Wildman–Crippen MR) is 69.1 cm³/mol. The number of hydrogen-bond acceptors (Lipinski definition) is 2. The molecule has 0 aromatic heterocycles. The van der Waals surface area contributed by atoms with Gasteiger partial charge in [-0.1, -0.05) is 0 Å². The maximum atomic E-state index is 11.9. The highest BCUT2D eigenvalue weighted by Crippen LogP contribution is 2.18. The highest BCUT2D eigenvalue weighted by atomic mass is 127. The number of rotatable bonds is 4. The number of hydrogen-bond donors (Lipinski definition) is 3. The fourth-order valence-corrected chi connectivity index (χ4v) is 1.63. The Kier molecular flexibility index (Phi) is 5.25. The van der Waals surface area contributed by atoms with E-state index in [0.29, 0.717) is 3.57 Å². The summed E-state index contributed by atoms with van der Waals surface area (Å²) in [6.07, 6.45) is -2.66. The standard InChI is InChI=1S/C10H9F2IN2O3/c11-8(12)4-14-10(18)15-7-2-1-5(13)3-6(7)9(16)17/h1-3,8H,4H2,(H,16,17)(H2,14,15,18). The fraction of sp³-hybridized carbons (Fsp3) is 0.200. The van der Waals surface area contributed by atoms with E-state index in [2.05, 4.69) is 5.32 Å². The molecule has 0 spiro atoms. The van der Waals surface area contributed by atoms with Crippen LogP contribution in [-0.2, 0) is 0 Å². The molecule has 0 radical (unpaired) electrons. The van der Waals surface area contributed by atoms with Crippen LogP contribution in [0.15, 0.2) is 18.2 Å². The first-order valence-corrected chi connectivity index (χ1v) is 5.84. The molecule has 3 N–H and O–H groups in total. The molecule has 0 aliphatic rings. The first-order valence-electron chi connectivity index (χ1n) is 4.76. The topological polar surface area (TPSA) is 78.4 Å². The number of halogens is 3. The number of aromatic carboxylic acids is 1. The van der Waals surface area contributed by atoms with Crippen LogP contribution in [-0.4, -0.2) is 30.1 Å². The van der Waals surface area contributed by atoms with Crippen molar-refractivity contribution in [2.24, 2.45) is 0 Å². The smallest absolute Gasteiger partial charge is 0.337 e. The lowest BCUT2D eigenvalue weighted by atomic mass is 10.2. The number of carboxylic acids is 1. The summed E-state index contributed by atoms with van der Waals surface area (Å²) in [5.41, 5.74) is -0.0521. The summed E-state index contributed by atoms with van der Waals surface area (Å²) >= 11 is 1.92. The number of urea groups is 1. The normalized spacial score (nSPS) is 10.2. The van der Waals surface area contributed by atoms with Crippen molar-refractivity contribution in [3.05, 3.63) is 27.3 Å². The van der Waals surface area contributed by atoms with Gasteiger partial charge in [-0.3, -0.25) is 0 Å². The Hall–Kier alpha value is -1.45. The van der Waals surface area contributed by atoms with Crippen molar-refractivity contribution in [2.75, 3.05) is 11.9 Å². The Bertz CT molecular complexity index is 468. The van der Waals surface area contributed by atoms with Crippen molar-refractivity contribution in [3.63, 3.8) is 0 Å². The third kappa shape index (κ3) is 4.43. The highest BCUT2D eigenvalue weighted by Gasteiger charge is 2.13. The summed E-state index contributed by atoms with van der Waals surface area (Å²) in [6.45, 7) is -0.793. The van der Waals surface area contributed by atoms with Gasteiger partial charge in [-0.15, -0.1) is 0 Å². The molecule has 0 saturated heterocycles. The summed E-state index contributed by atoms with van der Waals surface area (Å²) < 4.78 is 24.4. The molecule has 0 heterocycles. The van der Waals surface area contributed by atoms with Crippen LogP contribution in [0.4, 0.5) is 19.3 Å². The van der Waals surface area contributed by atoms with E-state index in [4.69, 9.17) is 5.11 Å². The van der Waals surface area contributed by atoms with Crippen LogP contribution < -0.4 is 10.6 Å². The average Bonchev–Trinajstić information content (AvgIpc) is 2.28. The SMILES string of the molecule is O=C(NCC(F)F)Nc1ccc(I)cc1C(=O)O. The van der Waals surface area contributed by atoms with Crippen molar-refractivity contribution in [2.45, 2.75) is 6.43 Å². The van der Waals surface area contributed by atoms with Gasteiger partial charge in [0.2, 0.25) is 0 Å². The molecule has 0 aliphatic heterocycles. The minimum atomic E-state index is -2.66. The van der Waals surface area contributed by atoms with E-state index >= 15 is 0 Å². The van der Waals surface area contributed by atoms with Gasteiger partial charge in [0, 0.05) is 3.57 Å². The number of anilines is 1. The Morgan fingerprint density at radius 2 is 2.06 bits per heavy atom. The quantitative estimate of drug-likeness (QED) is 0.713. The first-order chi connectivity index (χ1) is 8.40. The zero-order chi connectivity index (χ0) is 13.7. The van der Waals surface area contributed by atoms with Crippen molar-refractivity contribution < 1.29 is 23.5 Å². The molecular weight excluding hydrogens is 361 g/mol. The number of amides is 2. The molecule has 0 fully saturated rings. The molecule has 5 nitrogen and oxygen atoms in total. The minimum absolute atomic E-state index is 0.0506. The van der Waals surface area contributed by atoms with Crippen molar-refractivity contribution in [1.82, 2.24) is 5.32 Å². The van der Waals surface area contributed by atoms with Gasteiger partial charge in [0.15, 0.2) is 0 Å². The van der Waals surface area contributed by atoms with Gasteiger partial charge in [-0.2, -0.15) is 0 Å². The van der Waals surface area contributed by atoms with Crippen LogP contribution in [0.3, 0.4) is 0 Å². The van der Waals surface area contributed by atoms with Gasteiger partial charge < -0.3 is 15.7 Å². The zero-order valence-corrected chi connectivity index (χ0v) is 11.1. The molecule has 0 atom stereocenters. The maximum Gasteiger partial charge on any atom is 0.337 e. The molecule has 0 aliphatic carbocycles. The molecule has 1 aromatic rings. The number of carboxylic acid groups (broad SMARTS) is 1. The number of carbonyl (C=O) groups excluding carboxylic acids is 1. The van der Waals surface area contributed by atoms with Crippen LogP contribution in [0.1, 0.15) is 10.4 Å². The largest absolute Gasteiger partial charge is 0.478 e. The molecule has 98 valence electrons. The second-order valence-electron chi connectivity index (χ2n) is 3.22. The number of nitrogens with one attached hydrogen (secondary N) is 2. The lowest BCUT2D eigenvalue weighted by Gasteiger charge is -2.09. The van der Waals surface area contributed by atoms with Crippen molar-refractivity contribution in [3.8, 4) is 0 Å². The molecule has 0 unspecified atom stereocenters. The molecule has 2 amide bonds. The van der Waals surface area contributed by atoms with Gasteiger partial charge in [-0.05, 0) is 40.8 Å². The molecule has 1 rings (SSSR count). The molecule has 8 heteroatoms. The van der Waals surface area contributed by atoms with Gasteiger partial charge >= 0.3 is 12.0 Å². The van der Waals surface area contributed by atoms with Gasteiger partial charge in [0.25, 0.3) is 6.43 Å². The Labute approximate surface area is 115 Å². The molecule has 18 heavy (non-hydrogen) atoms. The van der Waals surface area contributed by atoms with E-state index < -0.39 is 25.0 Å². The van der Waals surface area contributed by atoms with Crippen LogP contribution in [0.25, 0.3) is 0 Å². The number of alkyl halides is 2. The van der Waals surface area contributed by atoms with E-state index in [1.807, 2.05) is 27.9 Å². The monoisotopic (exact) mass is 370 g/mol. The van der Waals surface area contributed by atoms with Crippen LogP contribution in [0.5, 0.6) is 0 Å². The van der Waals surface area contributed by atoms with Crippen LogP contribution >= 0.6 is 22.6 Å². The maximum absolute atomic E-state index is 11.9. The van der Waals surface area contributed by atoms with E-state index in [1.54, 1.807) is 6.07 Å². The van der Waals surface area contributed by atoms with Gasteiger partial charge in [0.05, 0.1) is 17.8 Å². The highest BCUT2D eigenvalue weighted by molar-refractivity contribution is 14.1. The number of carbonyl (C=O) groups is 2. The summed E-state index contributed by atoms with van der Waals surface area (Å²) in [5, 5.41) is 13.0. The molecular formula is C10H9F2IN2O3. The minimum Gasteiger partial charge on any atom is -0.478 e. The summed E-state index contributed by atoms with van der Waals surface area (Å²) in [5.74, 6) is -1.21. The second kappa shape index (κ2) is 6.47. The average molecular weight is 370 g/mol. The zero-order valence-electron chi connectivity index (χ0n) is 8.91. The first kappa shape index (κ1) is 14.6.